The highest BCUT2D eigenvalue weighted by Gasteiger charge is 2.25. The van der Waals surface area contributed by atoms with E-state index in [2.05, 4.69) is 6.92 Å². The minimum atomic E-state index is -0.307. The highest BCUT2D eigenvalue weighted by molar-refractivity contribution is 7.99. The lowest BCUT2D eigenvalue weighted by molar-refractivity contribution is -0.132. The molecule has 1 saturated heterocycles. The highest BCUT2D eigenvalue weighted by Crippen LogP contribution is 2.16. The van der Waals surface area contributed by atoms with Gasteiger partial charge in [0, 0.05) is 6.54 Å². The molecule has 0 bridgehead atoms. The van der Waals surface area contributed by atoms with Crippen LogP contribution in [0.4, 0.5) is 0 Å². The van der Waals surface area contributed by atoms with Crippen LogP contribution in [0, 0.1) is 5.92 Å². The summed E-state index contributed by atoms with van der Waals surface area (Å²) in [6.07, 6.45) is 2.07. The number of hydrogen-bond acceptors (Lipinski definition) is 3. The second-order valence-corrected chi connectivity index (χ2v) is 4.98. The second-order valence-electron chi connectivity index (χ2n) is 3.90. The van der Waals surface area contributed by atoms with Crippen LogP contribution in [0.5, 0.6) is 0 Å². The largest absolute Gasteiger partial charge is 0.332 e. The Balaban J connectivity index is 2.46. The van der Waals surface area contributed by atoms with Gasteiger partial charge in [-0.3, -0.25) is 4.79 Å². The molecule has 0 aromatic carbocycles. The Morgan fingerprint density at radius 3 is 2.86 bits per heavy atom. The zero-order valence-electron chi connectivity index (χ0n) is 9.03. The first-order chi connectivity index (χ1) is 6.66. The maximum atomic E-state index is 11.9. The van der Waals surface area contributed by atoms with E-state index in [9.17, 15) is 4.79 Å². The first-order valence-corrected chi connectivity index (χ1v) is 6.44. The van der Waals surface area contributed by atoms with Crippen LogP contribution in [-0.4, -0.2) is 35.0 Å². The minimum Gasteiger partial charge on any atom is -0.332 e. The second kappa shape index (κ2) is 5.61. The molecule has 14 heavy (non-hydrogen) atoms. The Hall–Kier alpha value is -0.220. The molecule has 82 valence electrons. The summed E-state index contributed by atoms with van der Waals surface area (Å²) in [6, 6.07) is -0.307. The molecule has 3 nitrogen and oxygen atoms in total. The molecule has 1 aliphatic rings. The number of nitrogens with two attached hydrogens (primary N) is 1. The lowest BCUT2D eigenvalue weighted by Gasteiger charge is -2.30. The van der Waals surface area contributed by atoms with Crippen LogP contribution in [0.3, 0.4) is 0 Å². The van der Waals surface area contributed by atoms with Crippen LogP contribution in [0.25, 0.3) is 0 Å². The van der Waals surface area contributed by atoms with Crippen LogP contribution < -0.4 is 5.73 Å². The first kappa shape index (κ1) is 11.9. The van der Waals surface area contributed by atoms with Crippen LogP contribution in [0.1, 0.15) is 26.7 Å². The summed E-state index contributed by atoms with van der Waals surface area (Å²) < 4.78 is 0. The maximum absolute atomic E-state index is 11.9. The number of amides is 1. The average molecular weight is 216 g/mol. The molecule has 2 N–H and O–H groups in total. The van der Waals surface area contributed by atoms with Gasteiger partial charge in [0.1, 0.15) is 0 Å². The van der Waals surface area contributed by atoms with Gasteiger partial charge in [-0.15, -0.1) is 11.8 Å². The van der Waals surface area contributed by atoms with Gasteiger partial charge in [-0.1, -0.05) is 20.3 Å². The zero-order chi connectivity index (χ0) is 10.6. The predicted octanol–water partition coefficient (Wildman–Crippen LogP) is 1.28. The number of carbonyl (C=O) groups excluding carboxylic acids is 1. The fourth-order valence-electron chi connectivity index (χ4n) is 1.48. The Morgan fingerprint density at radius 2 is 2.36 bits per heavy atom. The third-order valence-corrected chi connectivity index (χ3v) is 3.89. The van der Waals surface area contributed by atoms with Crippen molar-refractivity contribution in [3.63, 3.8) is 0 Å². The summed E-state index contributed by atoms with van der Waals surface area (Å²) in [7, 11) is 0. The van der Waals surface area contributed by atoms with Gasteiger partial charge in [0.15, 0.2) is 0 Å². The van der Waals surface area contributed by atoms with Crippen LogP contribution >= 0.6 is 11.8 Å². The van der Waals surface area contributed by atoms with Crippen molar-refractivity contribution in [2.24, 2.45) is 11.7 Å². The molecule has 2 unspecified atom stereocenters. The fraction of sp³-hybridized carbons (Fsp3) is 0.900. The highest BCUT2D eigenvalue weighted by atomic mass is 32.2. The van der Waals surface area contributed by atoms with Crippen LogP contribution in [0.2, 0.25) is 0 Å². The van der Waals surface area contributed by atoms with E-state index in [1.165, 1.54) is 5.75 Å². The molecular weight excluding hydrogens is 196 g/mol. The minimum absolute atomic E-state index is 0.131. The Morgan fingerprint density at radius 1 is 1.64 bits per heavy atom. The zero-order valence-corrected chi connectivity index (χ0v) is 9.85. The van der Waals surface area contributed by atoms with Crippen molar-refractivity contribution >= 4 is 17.7 Å². The van der Waals surface area contributed by atoms with Gasteiger partial charge in [-0.05, 0) is 18.1 Å². The van der Waals surface area contributed by atoms with Crippen LogP contribution in [-0.2, 0) is 4.79 Å². The molecule has 1 fully saturated rings. The van der Waals surface area contributed by atoms with E-state index in [0.717, 1.165) is 25.3 Å². The van der Waals surface area contributed by atoms with Crippen molar-refractivity contribution in [3.8, 4) is 0 Å². The Labute approximate surface area is 90.4 Å². The van der Waals surface area contributed by atoms with Gasteiger partial charge in [-0.2, -0.15) is 0 Å². The van der Waals surface area contributed by atoms with E-state index in [1.807, 2.05) is 23.6 Å². The molecule has 1 heterocycles. The molecular formula is C10H20N2OS. The summed E-state index contributed by atoms with van der Waals surface area (Å²) in [6.45, 7) is 5.00. The molecule has 0 saturated carbocycles. The smallest absolute Gasteiger partial charge is 0.240 e. The first-order valence-electron chi connectivity index (χ1n) is 5.29. The van der Waals surface area contributed by atoms with E-state index >= 15 is 0 Å². The monoisotopic (exact) mass is 216 g/mol. The summed E-state index contributed by atoms with van der Waals surface area (Å²) >= 11 is 1.82. The van der Waals surface area contributed by atoms with Crippen LogP contribution in [0.15, 0.2) is 0 Å². The number of nitrogens with zero attached hydrogens (tertiary/aromatic N) is 1. The van der Waals surface area contributed by atoms with Crippen molar-refractivity contribution in [1.82, 2.24) is 4.90 Å². The summed E-state index contributed by atoms with van der Waals surface area (Å²) in [5.74, 6) is 2.41. The molecule has 0 aromatic rings. The molecule has 1 amide bonds. The van der Waals surface area contributed by atoms with Gasteiger partial charge in [0.25, 0.3) is 0 Å². The molecule has 1 rings (SSSR count). The Kier molecular flexibility index (Phi) is 4.75. The van der Waals surface area contributed by atoms with Gasteiger partial charge in [0.2, 0.25) is 5.91 Å². The summed E-state index contributed by atoms with van der Waals surface area (Å²) in [5, 5.41) is 0. The molecule has 2 atom stereocenters. The molecule has 1 aliphatic heterocycles. The third-order valence-electron chi connectivity index (χ3n) is 2.82. The number of thioether (sulfide) groups is 1. The van der Waals surface area contributed by atoms with Gasteiger partial charge in [0.05, 0.1) is 11.9 Å². The SMILES string of the molecule is CCC(C)C(N)C(=O)N1CCCSC1. The number of rotatable bonds is 3. The number of carbonyl (C=O) groups is 1. The summed E-state index contributed by atoms with van der Waals surface area (Å²) in [5.41, 5.74) is 5.90. The van der Waals surface area contributed by atoms with Gasteiger partial charge >= 0.3 is 0 Å². The molecule has 4 heteroatoms. The van der Waals surface area contributed by atoms with Gasteiger partial charge < -0.3 is 10.6 Å². The molecule has 0 aliphatic carbocycles. The van der Waals surface area contributed by atoms with Crippen molar-refractivity contribution in [2.45, 2.75) is 32.7 Å². The van der Waals surface area contributed by atoms with Crippen molar-refractivity contribution in [2.75, 3.05) is 18.2 Å². The predicted molar refractivity (Wildman–Crippen MR) is 61.1 cm³/mol. The topological polar surface area (TPSA) is 46.3 Å². The van der Waals surface area contributed by atoms with Gasteiger partial charge in [-0.25, -0.2) is 0 Å². The van der Waals surface area contributed by atoms with Crippen molar-refractivity contribution in [3.05, 3.63) is 0 Å². The average Bonchev–Trinajstić information content (AvgIpc) is 2.27. The fourth-order valence-corrected chi connectivity index (χ4v) is 2.42. The molecule has 0 spiro atoms. The van der Waals surface area contributed by atoms with E-state index in [4.69, 9.17) is 5.73 Å². The third kappa shape index (κ3) is 2.89. The molecule has 0 aromatic heterocycles. The lowest BCUT2D eigenvalue weighted by atomic mass is 9.99. The normalized spacial score (nSPS) is 21.8. The van der Waals surface area contributed by atoms with E-state index < -0.39 is 0 Å². The number of hydrogen-bond donors (Lipinski definition) is 1. The molecule has 0 radical (unpaired) electrons. The lowest BCUT2D eigenvalue weighted by Crippen LogP contribution is -2.48. The standard InChI is InChI=1S/C10H20N2OS/c1-3-8(2)9(11)10(13)12-5-4-6-14-7-12/h8-9H,3-7,11H2,1-2H3. The van der Waals surface area contributed by atoms with E-state index in [1.54, 1.807) is 0 Å². The maximum Gasteiger partial charge on any atom is 0.240 e. The summed E-state index contributed by atoms with van der Waals surface area (Å²) in [4.78, 5) is 13.8. The van der Waals surface area contributed by atoms with Crippen molar-refractivity contribution in [1.29, 1.82) is 0 Å². The van der Waals surface area contributed by atoms with Crippen molar-refractivity contribution < 1.29 is 4.79 Å². The quantitative estimate of drug-likeness (QED) is 0.773. The Bertz CT molecular complexity index is 189. The van der Waals surface area contributed by atoms with E-state index in [0.29, 0.717) is 0 Å². The van der Waals surface area contributed by atoms with E-state index in [-0.39, 0.29) is 17.9 Å².